The SMILES string of the molecule is CCCOc1ccc2c(c1)nc(CCNC)n2CC(C)C. The molecule has 4 heteroatoms. The van der Waals surface area contributed by atoms with Gasteiger partial charge in [-0.25, -0.2) is 4.98 Å². The van der Waals surface area contributed by atoms with E-state index in [-0.39, 0.29) is 0 Å². The van der Waals surface area contributed by atoms with Crippen LogP contribution < -0.4 is 10.1 Å². The van der Waals surface area contributed by atoms with E-state index in [1.54, 1.807) is 0 Å². The molecule has 0 radical (unpaired) electrons. The molecule has 2 rings (SSSR count). The summed E-state index contributed by atoms with van der Waals surface area (Å²) in [5.41, 5.74) is 2.24. The standard InChI is InChI=1S/C17H27N3O/c1-5-10-21-14-6-7-16-15(11-14)19-17(8-9-18-4)20(16)12-13(2)3/h6-7,11,13,18H,5,8-10,12H2,1-4H3. The van der Waals surface area contributed by atoms with Crippen molar-refractivity contribution in [2.45, 2.75) is 40.2 Å². The normalized spacial score (nSPS) is 11.5. The summed E-state index contributed by atoms with van der Waals surface area (Å²) in [6, 6.07) is 6.25. The Morgan fingerprint density at radius 3 is 2.81 bits per heavy atom. The van der Waals surface area contributed by atoms with Gasteiger partial charge in [-0.1, -0.05) is 20.8 Å². The summed E-state index contributed by atoms with van der Waals surface area (Å²) < 4.78 is 8.06. The van der Waals surface area contributed by atoms with Crippen molar-refractivity contribution in [1.29, 1.82) is 0 Å². The van der Waals surface area contributed by atoms with E-state index < -0.39 is 0 Å². The molecule has 0 unspecified atom stereocenters. The molecule has 116 valence electrons. The molecule has 1 aromatic heterocycles. The van der Waals surface area contributed by atoms with Gasteiger partial charge in [-0.2, -0.15) is 0 Å². The summed E-state index contributed by atoms with van der Waals surface area (Å²) in [5, 5.41) is 3.20. The average molecular weight is 289 g/mol. The molecule has 0 aliphatic rings. The summed E-state index contributed by atoms with van der Waals surface area (Å²) >= 11 is 0. The van der Waals surface area contributed by atoms with E-state index in [1.807, 2.05) is 7.05 Å². The minimum absolute atomic E-state index is 0.603. The lowest BCUT2D eigenvalue weighted by atomic mass is 10.2. The Morgan fingerprint density at radius 1 is 1.33 bits per heavy atom. The van der Waals surface area contributed by atoms with Gasteiger partial charge in [0.05, 0.1) is 17.6 Å². The fourth-order valence-corrected chi connectivity index (χ4v) is 2.47. The Kier molecular flexibility index (Phi) is 5.62. The van der Waals surface area contributed by atoms with E-state index >= 15 is 0 Å². The van der Waals surface area contributed by atoms with Crippen molar-refractivity contribution in [3.63, 3.8) is 0 Å². The first-order valence-electron chi connectivity index (χ1n) is 7.92. The molecule has 0 saturated heterocycles. The fourth-order valence-electron chi connectivity index (χ4n) is 2.47. The van der Waals surface area contributed by atoms with Gasteiger partial charge >= 0.3 is 0 Å². The molecule has 0 spiro atoms. The second-order valence-corrected chi connectivity index (χ2v) is 5.89. The van der Waals surface area contributed by atoms with E-state index in [9.17, 15) is 0 Å². The third kappa shape index (κ3) is 3.97. The Balaban J connectivity index is 2.35. The molecule has 0 amide bonds. The van der Waals surface area contributed by atoms with E-state index in [0.717, 1.165) is 49.6 Å². The van der Waals surface area contributed by atoms with Crippen molar-refractivity contribution in [1.82, 2.24) is 14.9 Å². The number of benzene rings is 1. The Labute approximate surface area is 127 Å². The quantitative estimate of drug-likeness (QED) is 0.811. The summed E-state index contributed by atoms with van der Waals surface area (Å²) in [4.78, 5) is 4.81. The van der Waals surface area contributed by atoms with Crippen LogP contribution in [0.15, 0.2) is 18.2 Å². The molecule has 1 N–H and O–H groups in total. The van der Waals surface area contributed by atoms with Crippen LogP contribution in [-0.4, -0.2) is 29.8 Å². The topological polar surface area (TPSA) is 39.1 Å². The highest BCUT2D eigenvalue weighted by Gasteiger charge is 2.12. The molecule has 0 aliphatic heterocycles. The van der Waals surface area contributed by atoms with Gasteiger partial charge in [-0.3, -0.25) is 0 Å². The Bertz CT molecular complexity index is 575. The Morgan fingerprint density at radius 2 is 2.14 bits per heavy atom. The lowest BCUT2D eigenvalue weighted by Crippen LogP contribution is -2.15. The maximum atomic E-state index is 5.71. The molecular weight excluding hydrogens is 262 g/mol. The van der Waals surface area contributed by atoms with Crippen molar-refractivity contribution in [3.05, 3.63) is 24.0 Å². The number of rotatable bonds is 8. The molecule has 1 aromatic carbocycles. The van der Waals surface area contributed by atoms with Crippen molar-refractivity contribution in [2.75, 3.05) is 20.2 Å². The van der Waals surface area contributed by atoms with Crippen LogP contribution in [-0.2, 0) is 13.0 Å². The lowest BCUT2D eigenvalue weighted by Gasteiger charge is -2.12. The van der Waals surface area contributed by atoms with Crippen LogP contribution in [0.5, 0.6) is 5.75 Å². The minimum Gasteiger partial charge on any atom is -0.494 e. The van der Waals surface area contributed by atoms with Gasteiger partial charge in [0.2, 0.25) is 0 Å². The molecule has 0 fully saturated rings. The number of nitrogens with zero attached hydrogens (tertiary/aromatic N) is 2. The molecule has 1 heterocycles. The van der Waals surface area contributed by atoms with Gasteiger partial charge in [0, 0.05) is 25.6 Å². The Hall–Kier alpha value is -1.55. The zero-order valence-corrected chi connectivity index (χ0v) is 13.6. The average Bonchev–Trinajstić information content (AvgIpc) is 2.79. The first kappa shape index (κ1) is 15.8. The van der Waals surface area contributed by atoms with Crippen LogP contribution in [0.4, 0.5) is 0 Å². The molecular formula is C17H27N3O. The highest BCUT2D eigenvalue weighted by Crippen LogP contribution is 2.23. The molecule has 21 heavy (non-hydrogen) atoms. The van der Waals surface area contributed by atoms with Crippen LogP contribution in [0, 0.1) is 5.92 Å². The van der Waals surface area contributed by atoms with Crippen LogP contribution in [0.1, 0.15) is 33.0 Å². The minimum atomic E-state index is 0.603. The maximum absolute atomic E-state index is 5.71. The van der Waals surface area contributed by atoms with E-state index in [1.165, 1.54) is 5.52 Å². The van der Waals surface area contributed by atoms with Crippen LogP contribution in [0.2, 0.25) is 0 Å². The summed E-state index contributed by atoms with van der Waals surface area (Å²) in [6.07, 6.45) is 1.97. The summed E-state index contributed by atoms with van der Waals surface area (Å²) in [7, 11) is 1.98. The molecule has 0 bridgehead atoms. The zero-order chi connectivity index (χ0) is 15.2. The lowest BCUT2D eigenvalue weighted by molar-refractivity contribution is 0.318. The molecule has 2 aromatic rings. The highest BCUT2D eigenvalue weighted by molar-refractivity contribution is 5.77. The molecule has 0 atom stereocenters. The number of hydrogen-bond donors (Lipinski definition) is 1. The van der Waals surface area contributed by atoms with E-state index in [2.05, 4.69) is 48.9 Å². The zero-order valence-electron chi connectivity index (χ0n) is 13.6. The second kappa shape index (κ2) is 7.46. The molecule has 4 nitrogen and oxygen atoms in total. The largest absolute Gasteiger partial charge is 0.494 e. The van der Waals surface area contributed by atoms with Gasteiger partial charge in [-0.05, 0) is 31.5 Å². The number of imidazole rings is 1. The monoisotopic (exact) mass is 289 g/mol. The predicted molar refractivity (Wildman–Crippen MR) is 88.0 cm³/mol. The maximum Gasteiger partial charge on any atom is 0.121 e. The smallest absolute Gasteiger partial charge is 0.121 e. The van der Waals surface area contributed by atoms with Crippen molar-refractivity contribution in [2.24, 2.45) is 5.92 Å². The number of hydrogen-bond acceptors (Lipinski definition) is 3. The number of nitrogens with one attached hydrogen (secondary N) is 1. The van der Waals surface area contributed by atoms with E-state index in [4.69, 9.17) is 9.72 Å². The van der Waals surface area contributed by atoms with Crippen molar-refractivity contribution >= 4 is 11.0 Å². The molecule has 0 aliphatic carbocycles. The van der Waals surface area contributed by atoms with Crippen LogP contribution in [0.3, 0.4) is 0 Å². The van der Waals surface area contributed by atoms with Gasteiger partial charge < -0.3 is 14.6 Å². The van der Waals surface area contributed by atoms with Crippen molar-refractivity contribution < 1.29 is 4.74 Å². The summed E-state index contributed by atoms with van der Waals surface area (Å²) in [5.74, 6) is 2.67. The first-order chi connectivity index (χ1) is 10.2. The van der Waals surface area contributed by atoms with Gasteiger partial charge in [0.1, 0.15) is 11.6 Å². The number of fused-ring (bicyclic) bond motifs is 1. The number of ether oxygens (including phenoxy) is 1. The number of aromatic nitrogens is 2. The van der Waals surface area contributed by atoms with Gasteiger partial charge in [0.15, 0.2) is 0 Å². The number of likely N-dealkylation sites (N-methyl/N-ethyl adjacent to an activating group) is 1. The molecule has 0 saturated carbocycles. The third-order valence-corrected chi connectivity index (χ3v) is 3.42. The predicted octanol–water partition coefficient (Wildman–Crippen LogP) is 3.24. The van der Waals surface area contributed by atoms with Crippen molar-refractivity contribution in [3.8, 4) is 5.75 Å². The van der Waals surface area contributed by atoms with Crippen LogP contribution >= 0.6 is 0 Å². The first-order valence-corrected chi connectivity index (χ1v) is 7.92. The van der Waals surface area contributed by atoms with Gasteiger partial charge in [0.25, 0.3) is 0 Å². The summed E-state index contributed by atoms with van der Waals surface area (Å²) in [6.45, 7) is 9.31. The fraction of sp³-hybridized carbons (Fsp3) is 0.588. The van der Waals surface area contributed by atoms with Gasteiger partial charge in [-0.15, -0.1) is 0 Å². The van der Waals surface area contributed by atoms with E-state index in [0.29, 0.717) is 5.92 Å². The second-order valence-electron chi connectivity index (χ2n) is 5.89. The third-order valence-electron chi connectivity index (χ3n) is 3.42. The highest BCUT2D eigenvalue weighted by atomic mass is 16.5. The van der Waals surface area contributed by atoms with Crippen LogP contribution in [0.25, 0.3) is 11.0 Å².